The van der Waals surface area contributed by atoms with Crippen LogP contribution < -0.4 is 0 Å². The maximum atomic E-state index is 12.9. The van der Waals surface area contributed by atoms with Gasteiger partial charge in [-0.2, -0.15) is 20.6 Å². The van der Waals surface area contributed by atoms with E-state index in [1.54, 1.807) is 12.4 Å². The van der Waals surface area contributed by atoms with Crippen molar-refractivity contribution in [2.45, 2.75) is 39.0 Å². The number of benzene rings is 1. The molecule has 0 spiro atoms. The predicted octanol–water partition coefficient (Wildman–Crippen LogP) is 5.19. The molecule has 0 saturated heterocycles. The number of carbonyl (C=O) groups is 1. The number of Topliss-reactive ketones (excluding diaryl/α,β-unsaturated/α-hetero) is 1. The maximum absolute atomic E-state index is 12.9. The molecule has 0 N–H and O–H groups in total. The Morgan fingerprint density at radius 2 is 1.95 bits per heavy atom. The van der Waals surface area contributed by atoms with Gasteiger partial charge in [0.05, 0.1) is 34.5 Å². The van der Waals surface area contributed by atoms with E-state index in [0.717, 1.165) is 58.0 Å². The maximum Gasteiger partial charge on any atom is 0.176 e. The lowest BCUT2D eigenvalue weighted by Crippen LogP contribution is -2.46. The van der Waals surface area contributed by atoms with Gasteiger partial charge in [-0.05, 0) is 61.6 Å². The van der Waals surface area contributed by atoms with E-state index in [1.165, 1.54) is 0 Å². The van der Waals surface area contributed by atoms with Crippen LogP contribution in [0.3, 0.4) is 0 Å². The van der Waals surface area contributed by atoms with Crippen LogP contribution in [0.4, 0.5) is 0 Å². The third kappa shape index (κ3) is 3.60. The lowest BCUT2D eigenvalue weighted by molar-refractivity contribution is -0.121. The summed E-state index contributed by atoms with van der Waals surface area (Å²) in [5.41, 5.74) is 7.38. The standard InChI is InChI=1S/C30H26N6O/c1-18-14-21(17-33-34-18)20-7-9-23(10-8-20)36-29-24(27(35-36)26-6-4-5-13-32-26)11-12-25-19(2)28(37)22(16-31)15-30(25,29)3/h4-10,13-15,17,19,25H,11-12H2,1-3H3/t19-,25-,30-/m1/s1. The van der Waals surface area contributed by atoms with E-state index in [1.807, 2.05) is 48.9 Å². The first-order valence-electron chi connectivity index (χ1n) is 12.5. The average molecular weight is 487 g/mol. The summed E-state index contributed by atoms with van der Waals surface area (Å²) >= 11 is 0. The summed E-state index contributed by atoms with van der Waals surface area (Å²) in [4.78, 5) is 17.5. The lowest BCUT2D eigenvalue weighted by Gasteiger charge is -2.45. The highest BCUT2D eigenvalue weighted by atomic mass is 16.1. The topological polar surface area (TPSA) is 97.3 Å². The fourth-order valence-corrected chi connectivity index (χ4v) is 6.17. The van der Waals surface area contributed by atoms with E-state index in [2.05, 4.69) is 52.4 Å². The SMILES string of the molecule is Cc1cc(-c2ccc(-n3nc(-c4ccccn4)c4c3[C@]3(C)C=C(C#N)C(=O)[C@H](C)[C@H]3CC4)cc2)cnn1. The van der Waals surface area contributed by atoms with E-state index >= 15 is 0 Å². The third-order valence-electron chi connectivity index (χ3n) is 7.95. The second-order valence-electron chi connectivity index (χ2n) is 10.2. The number of rotatable bonds is 3. The Morgan fingerprint density at radius 1 is 1.14 bits per heavy atom. The fraction of sp³-hybridized carbons (Fsp3) is 0.267. The van der Waals surface area contributed by atoms with Crippen LogP contribution in [0, 0.1) is 30.1 Å². The minimum Gasteiger partial charge on any atom is -0.293 e. The van der Waals surface area contributed by atoms with Crippen LogP contribution in [0.25, 0.3) is 28.2 Å². The summed E-state index contributed by atoms with van der Waals surface area (Å²) in [5, 5.41) is 23.0. The molecule has 0 unspecified atom stereocenters. The van der Waals surface area contributed by atoms with Gasteiger partial charge in [-0.1, -0.05) is 38.1 Å². The van der Waals surface area contributed by atoms with Gasteiger partial charge in [-0.3, -0.25) is 9.78 Å². The zero-order valence-corrected chi connectivity index (χ0v) is 21.0. The highest BCUT2D eigenvalue weighted by Gasteiger charge is 2.50. The van der Waals surface area contributed by atoms with Crippen molar-refractivity contribution in [3.8, 4) is 34.3 Å². The Hall–Kier alpha value is -4.44. The van der Waals surface area contributed by atoms with Crippen molar-refractivity contribution in [2.24, 2.45) is 11.8 Å². The van der Waals surface area contributed by atoms with Crippen LogP contribution >= 0.6 is 0 Å². The van der Waals surface area contributed by atoms with Gasteiger partial charge in [-0.25, -0.2) is 4.68 Å². The zero-order valence-electron chi connectivity index (χ0n) is 21.0. The van der Waals surface area contributed by atoms with Crippen molar-refractivity contribution < 1.29 is 4.79 Å². The van der Waals surface area contributed by atoms with Crippen molar-refractivity contribution in [3.63, 3.8) is 0 Å². The third-order valence-corrected chi connectivity index (χ3v) is 7.95. The van der Waals surface area contributed by atoms with Crippen LogP contribution in [-0.2, 0) is 16.6 Å². The van der Waals surface area contributed by atoms with Crippen LogP contribution in [-0.4, -0.2) is 30.7 Å². The number of carbonyl (C=O) groups excluding carboxylic acids is 1. The molecule has 2 aliphatic rings. The summed E-state index contributed by atoms with van der Waals surface area (Å²) in [5.74, 6) is -0.207. The first-order chi connectivity index (χ1) is 17.9. The molecular weight excluding hydrogens is 460 g/mol. The number of nitrogens with zero attached hydrogens (tertiary/aromatic N) is 6. The van der Waals surface area contributed by atoms with Crippen LogP contribution in [0.1, 0.15) is 37.2 Å². The van der Waals surface area contributed by atoms with Crippen molar-refractivity contribution in [3.05, 3.63) is 89.5 Å². The van der Waals surface area contributed by atoms with E-state index < -0.39 is 5.41 Å². The molecule has 0 aliphatic heterocycles. The molecule has 3 atom stereocenters. The summed E-state index contributed by atoms with van der Waals surface area (Å²) in [6, 6.07) is 18.3. The number of aromatic nitrogens is 5. The van der Waals surface area contributed by atoms with Crippen molar-refractivity contribution >= 4 is 5.78 Å². The molecular formula is C30H26N6O. The molecule has 0 radical (unpaired) electrons. The second kappa shape index (κ2) is 8.59. The summed E-state index contributed by atoms with van der Waals surface area (Å²) in [7, 11) is 0. The number of fused-ring (bicyclic) bond motifs is 3. The first kappa shape index (κ1) is 23.0. The normalized spacial score (nSPS) is 22.5. The van der Waals surface area contributed by atoms with Gasteiger partial charge in [-0.15, -0.1) is 0 Å². The van der Waals surface area contributed by atoms with Gasteiger partial charge in [0.15, 0.2) is 5.78 Å². The predicted molar refractivity (Wildman–Crippen MR) is 140 cm³/mol. The van der Waals surface area contributed by atoms with Crippen molar-refractivity contribution in [1.29, 1.82) is 5.26 Å². The fourth-order valence-electron chi connectivity index (χ4n) is 6.17. The molecule has 182 valence electrons. The highest BCUT2D eigenvalue weighted by molar-refractivity contribution is 6.02. The van der Waals surface area contributed by atoms with Gasteiger partial charge in [0.1, 0.15) is 11.8 Å². The number of nitriles is 1. The van der Waals surface area contributed by atoms with E-state index in [-0.39, 0.29) is 23.2 Å². The van der Waals surface area contributed by atoms with Gasteiger partial charge >= 0.3 is 0 Å². The quantitative estimate of drug-likeness (QED) is 0.395. The minimum atomic E-state index is -0.517. The highest BCUT2D eigenvalue weighted by Crippen LogP contribution is 2.52. The Kier molecular flexibility index (Phi) is 5.34. The molecule has 0 saturated carbocycles. The molecule has 0 fully saturated rings. The summed E-state index contributed by atoms with van der Waals surface area (Å²) in [6.07, 6.45) is 7.08. The molecule has 3 heterocycles. The molecule has 37 heavy (non-hydrogen) atoms. The monoisotopic (exact) mass is 486 g/mol. The molecule has 7 heteroatoms. The number of aryl methyl sites for hydroxylation is 1. The summed E-state index contributed by atoms with van der Waals surface area (Å²) in [6.45, 7) is 6.03. The van der Waals surface area contributed by atoms with Crippen LogP contribution in [0.15, 0.2) is 72.6 Å². The van der Waals surface area contributed by atoms with E-state index in [0.29, 0.717) is 0 Å². The Labute approximate surface area is 215 Å². The van der Waals surface area contributed by atoms with Gasteiger partial charge < -0.3 is 0 Å². The van der Waals surface area contributed by atoms with Crippen LogP contribution in [0.5, 0.6) is 0 Å². The number of hydrogen-bond donors (Lipinski definition) is 0. The largest absolute Gasteiger partial charge is 0.293 e. The van der Waals surface area contributed by atoms with E-state index in [9.17, 15) is 10.1 Å². The Balaban J connectivity index is 1.56. The lowest BCUT2D eigenvalue weighted by atomic mass is 9.58. The number of pyridine rings is 1. The van der Waals surface area contributed by atoms with E-state index in [4.69, 9.17) is 5.10 Å². The van der Waals surface area contributed by atoms with Crippen molar-refractivity contribution in [1.82, 2.24) is 25.0 Å². The Bertz CT molecular complexity index is 1600. The number of ketones is 1. The first-order valence-corrected chi connectivity index (χ1v) is 12.5. The molecule has 7 nitrogen and oxygen atoms in total. The van der Waals surface area contributed by atoms with Crippen molar-refractivity contribution in [2.75, 3.05) is 0 Å². The molecule has 0 bridgehead atoms. The molecule has 2 aliphatic carbocycles. The molecule has 6 rings (SSSR count). The molecule has 1 aromatic carbocycles. The molecule has 4 aromatic rings. The van der Waals surface area contributed by atoms with Gasteiger partial charge in [0, 0.05) is 28.7 Å². The van der Waals surface area contributed by atoms with Gasteiger partial charge in [0.25, 0.3) is 0 Å². The average Bonchev–Trinajstić information content (AvgIpc) is 3.32. The van der Waals surface area contributed by atoms with Gasteiger partial charge in [0.2, 0.25) is 0 Å². The molecule has 0 amide bonds. The smallest absolute Gasteiger partial charge is 0.176 e. The minimum absolute atomic E-state index is 0.0601. The molecule has 3 aromatic heterocycles. The summed E-state index contributed by atoms with van der Waals surface area (Å²) < 4.78 is 2.00. The Morgan fingerprint density at radius 3 is 2.65 bits per heavy atom. The number of allylic oxidation sites excluding steroid dienone is 2. The number of hydrogen-bond acceptors (Lipinski definition) is 6. The second-order valence-corrected chi connectivity index (χ2v) is 10.2. The van der Waals surface area contributed by atoms with Crippen LogP contribution in [0.2, 0.25) is 0 Å². The zero-order chi connectivity index (χ0) is 25.7.